The molecule has 0 spiro atoms. The Bertz CT molecular complexity index is 984. The number of carbonyl (C=O) groups excluding carboxylic acids is 2. The molecular weight excluding hydrogens is 564 g/mol. The van der Waals surface area contributed by atoms with Crippen LogP contribution in [0.4, 0.5) is 18.9 Å². The second-order valence-electron chi connectivity index (χ2n) is 7.49. The van der Waals surface area contributed by atoms with Crippen molar-refractivity contribution >= 4 is 63.5 Å². The van der Waals surface area contributed by atoms with Crippen molar-refractivity contribution in [3.63, 3.8) is 0 Å². The van der Waals surface area contributed by atoms with E-state index in [0.717, 1.165) is 6.07 Å². The molecule has 0 aliphatic carbocycles. The second kappa shape index (κ2) is 10.4. The van der Waals surface area contributed by atoms with Gasteiger partial charge in [-0.3, -0.25) is 9.59 Å². The number of thioether (sulfide) groups is 1. The second-order valence-corrected chi connectivity index (χ2v) is 9.93. The monoisotopic (exact) mass is 584 g/mol. The van der Waals surface area contributed by atoms with Gasteiger partial charge in [-0.05, 0) is 72.5 Å². The SMILES string of the molecule is CSCC(C)(C)NC(=O)c1c(I)cccc1C(=O)Nc1ccc(CC(F)(F)F)cc1Cl. The van der Waals surface area contributed by atoms with Crippen LogP contribution in [-0.2, 0) is 6.42 Å². The molecule has 0 aliphatic heterocycles. The van der Waals surface area contributed by atoms with E-state index in [0.29, 0.717) is 9.32 Å². The van der Waals surface area contributed by atoms with E-state index in [1.165, 1.54) is 18.2 Å². The lowest BCUT2D eigenvalue weighted by molar-refractivity contribution is -0.127. The van der Waals surface area contributed by atoms with Crippen LogP contribution in [0.1, 0.15) is 40.1 Å². The molecule has 168 valence electrons. The summed E-state index contributed by atoms with van der Waals surface area (Å²) in [6.07, 6.45) is -3.54. The van der Waals surface area contributed by atoms with E-state index in [4.69, 9.17) is 11.6 Å². The van der Waals surface area contributed by atoms with Gasteiger partial charge in [0.05, 0.1) is 28.3 Å². The highest BCUT2D eigenvalue weighted by Gasteiger charge is 2.28. The lowest BCUT2D eigenvalue weighted by Gasteiger charge is -2.26. The van der Waals surface area contributed by atoms with Crippen molar-refractivity contribution in [1.29, 1.82) is 0 Å². The zero-order chi connectivity index (χ0) is 23.4. The molecule has 0 fully saturated rings. The zero-order valence-electron chi connectivity index (χ0n) is 17.0. The fourth-order valence-corrected chi connectivity index (χ4v) is 4.69. The summed E-state index contributed by atoms with van der Waals surface area (Å²) < 4.78 is 38.3. The predicted octanol–water partition coefficient (Wildman–Crippen LogP) is 6.17. The maximum absolute atomic E-state index is 12.9. The molecule has 0 saturated carbocycles. The maximum atomic E-state index is 12.9. The molecule has 0 aliphatic rings. The van der Waals surface area contributed by atoms with Gasteiger partial charge >= 0.3 is 6.18 Å². The number of anilines is 1. The van der Waals surface area contributed by atoms with E-state index < -0.39 is 24.0 Å². The standard InChI is InChI=1S/C21H21ClF3IN2O2S/c1-20(2,11-31-3)28-19(30)17-13(5-4-6-15(17)26)18(29)27-16-8-7-12(9-14(16)22)10-21(23,24)25/h4-9H,10-11H2,1-3H3,(H,27,29)(H,28,30). The summed E-state index contributed by atoms with van der Waals surface area (Å²) in [7, 11) is 0. The lowest BCUT2D eigenvalue weighted by atomic mass is 10.0. The minimum absolute atomic E-state index is 0.0131. The summed E-state index contributed by atoms with van der Waals surface area (Å²) in [5.41, 5.74) is 0.0200. The van der Waals surface area contributed by atoms with Crippen LogP contribution in [0.3, 0.4) is 0 Å². The summed E-state index contributed by atoms with van der Waals surface area (Å²) in [5, 5.41) is 5.50. The van der Waals surface area contributed by atoms with E-state index in [1.807, 2.05) is 42.7 Å². The quantitative estimate of drug-likeness (QED) is 0.383. The number of amides is 2. The average Bonchev–Trinajstić information content (AvgIpc) is 2.61. The number of hydrogen-bond donors (Lipinski definition) is 2. The summed E-state index contributed by atoms with van der Waals surface area (Å²) >= 11 is 9.65. The van der Waals surface area contributed by atoms with Crippen molar-refractivity contribution in [2.24, 2.45) is 0 Å². The van der Waals surface area contributed by atoms with E-state index in [9.17, 15) is 22.8 Å². The highest BCUT2D eigenvalue weighted by molar-refractivity contribution is 14.1. The Morgan fingerprint density at radius 3 is 2.39 bits per heavy atom. The highest BCUT2D eigenvalue weighted by atomic mass is 127. The molecule has 2 rings (SSSR count). The number of benzene rings is 2. The fourth-order valence-electron chi connectivity index (χ4n) is 2.90. The average molecular weight is 585 g/mol. The van der Waals surface area contributed by atoms with Crippen LogP contribution in [0.5, 0.6) is 0 Å². The molecular formula is C21H21ClF3IN2O2S. The Kier molecular flexibility index (Phi) is 8.69. The highest BCUT2D eigenvalue weighted by Crippen LogP contribution is 2.28. The third-order valence-corrected chi connectivity index (χ3v) is 6.35. The lowest BCUT2D eigenvalue weighted by Crippen LogP contribution is -2.46. The molecule has 2 aromatic rings. The first-order chi connectivity index (χ1) is 14.3. The molecule has 4 nitrogen and oxygen atoms in total. The minimum atomic E-state index is -4.36. The first-order valence-corrected chi connectivity index (χ1v) is 11.9. The molecule has 0 atom stereocenters. The molecule has 10 heteroatoms. The molecule has 0 saturated heterocycles. The third-order valence-electron chi connectivity index (χ3n) is 4.13. The molecule has 0 bridgehead atoms. The molecule has 2 aromatic carbocycles. The third kappa shape index (κ3) is 7.57. The molecule has 2 amide bonds. The van der Waals surface area contributed by atoms with Crippen LogP contribution in [0.2, 0.25) is 5.02 Å². The smallest absolute Gasteiger partial charge is 0.346 e. The topological polar surface area (TPSA) is 58.2 Å². The fraction of sp³-hybridized carbons (Fsp3) is 0.333. The van der Waals surface area contributed by atoms with Gasteiger partial charge in [0.25, 0.3) is 11.8 Å². The van der Waals surface area contributed by atoms with Gasteiger partial charge < -0.3 is 10.6 Å². The van der Waals surface area contributed by atoms with E-state index >= 15 is 0 Å². The van der Waals surface area contributed by atoms with Crippen molar-refractivity contribution in [1.82, 2.24) is 5.32 Å². The van der Waals surface area contributed by atoms with Crippen molar-refractivity contribution in [2.45, 2.75) is 32.0 Å². The van der Waals surface area contributed by atoms with Gasteiger partial charge in [-0.15, -0.1) is 0 Å². The Labute approximate surface area is 201 Å². The Morgan fingerprint density at radius 1 is 1.13 bits per heavy atom. The minimum Gasteiger partial charge on any atom is -0.346 e. The van der Waals surface area contributed by atoms with Crippen LogP contribution >= 0.6 is 46.0 Å². The first-order valence-electron chi connectivity index (χ1n) is 9.09. The predicted molar refractivity (Wildman–Crippen MR) is 128 cm³/mol. The zero-order valence-corrected chi connectivity index (χ0v) is 20.7. The largest absolute Gasteiger partial charge is 0.393 e. The first kappa shape index (κ1) is 25.8. The Balaban J connectivity index is 2.29. The number of carbonyl (C=O) groups is 2. The normalized spacial score (nSPS) is 11.9. The van der Waals surface area contributed by atoms with Gasteiger partial charge in [-0.2, -0.15) is 24.9 Å². The number of nitrogens with one attached hydrogen (secondary N) is 2. The number of halogens is 5. The maximum Gasteiger partial charge on any atom is 0.393 e. The molecule has 31 heavy (non-hydrogen) atoms. The molecule has 0 radical (unpaired) electrons. The molecule has 2 N–H and O–H groups in total. The van der Waals surface area contributed by atoms with Gasteiger partial charge in [0, 0.05) is 14.9 Å². The van der Waals surface area contributed by atoms with Crippen LogP contribution in [0, 0.1) is 3.57 Å². The van der Waals surface area contributed by atoms with Gasteiger partial charge in [0.2, 0.25) is 0 Å². The van der Waals surface area contributed by atoms with Crippen molar-refractivity contribution in [2.75, 3.05) is 17.3 Å². The summed E-state index contributed by atoms with van der Waals surface area (Å²) in [6, 6.07) is 8.61. The van der Waals surface area contributed by atoms with E-state index in [-0.39, 0.29) is 33.3 Å². The Hall–Kier alpha value is -1.46. The molecule has 0 heterocycles. The van der Waals surface area contributed by atoms with Gasteiger partial charge in [-0.1, -0.05) is 23.7 Å². The molecule has 0 aromatic heterocycles. The number of rotatable bonds is 7. The van der Waals surface area contributed by atoms with Gasteiger partial charge in [-0.25, -0.2) is 0 Å². The van der Waals surface area contributed by atoms with E-state index in [2.05, 4.69) is 10.6 Å². The summed E-state index contributed by atoms with van der Waals surface area (Å²) in [5.74, 6) is -0.290. The number of alkyl halides is 3. The van der Waals surface area contributed by atoms with Crippen LogP contribution in [0.25, 0.3) is 0 Å². The summed E-state index contributed by atoms with van der Waals surface area (Å²) in [4.78, 5) is 25.9. The summed E-state index contributed by atoms with van der Waals surface area (Å²) in [6.45, 7) is 3.78. The van der Waals surface area contributed by atoms with Crippen LogP contribution in [0.15, 0.2) is 36.4 Å². The molecule has 0 unspecified atom stereocenters. The van der Waals surface area contributed by atoms with Crippen LogP contribution < -0.4 is 10.6 Å². The van der Waals surface area contributed by atoms with Crippen molar-refractivity contribution in [3.8, 4) is 0 Å². The van der Waals surface area contributed by atoms with Gasteiger partial charge in [0.15, 0.2) is 0 Å². The van der Waals surface area contributed by atoms with Crippen molar-refractivity contribution < 1.29 is 22.8 Å². The van der Waals surface area contributed by atoms with E-state index in [1.54, 1.807) is 23.9 Å². The van der Waals surface area contributed by atoms with Crippen LogP contribution in [-0.4, -0.2) is 35.5 Å². The Morgan fingerprint density at radius 2 is 1.81 bits per heavy atom. The number of hydrogen-bond acceptors (Lipinski definition) is 3. The van der Waals surface area contributed by atoms with Crippen molar-refractivity contribution in [3.05, 3.63) is 61.7 Å². The van der Waals surface area contributed by atoms with Gasteiger partial charge in [0.1, 0.15) is 0 Å².